The molecule has 2 rings (SSSR count). The summed E-state index contributed by atoms with van der Waals surface area (Å²) in [5.74, 6) is 1.01. The molecule has 1 aromatic heterocycles. The number of hydrogen-bond donors (Lipinski definition) is 2. The minimum atomic E-state index is -0.486. The van der Waals surface area contributed by atoms with Crippen molar-refractivity contribution in [2.75, 3.05) is 5.32 Å². The lowest BCUT2D eigenvalue weighted by atomic mass is 10.2. The molecule has 2 N–H and O–H groups in total. The van der Waals surface area contributed by atoms with Gasteiger partial charge in [0.2, 0.25) is 0 Å². The van der Waals surface area contributed by atoms with E-state index in [2.05, 4.69) is 5.32 Å². The molecule has 0 fully saturated rings. The quantitative estimate of drug-likeness (QED) is 0.650. The van der Waals surface area contributed by atoms with Crippen LogP contribution in [-0.2, 0) is 13.2 Å². The zero-order chi connectivity index (χ0) is 13.8. The van der Waals surface area contributed by atoms with Gasteiger partial charge in [-0.1, -0.05) is 11.6 Å². The molecule has 0 bridgehead atoms. The summed E-state index contributed by atoms with van der Waals surface area (Å²) in [5, 5.41) is 23.0. The molecule has 100 valence electrons. The van der Waals surface area contributed by atoms with Gasteiger partial charge in [0, 0.05) is 11.1 Å². The van der Waals surface area contributed by atoms with Crippen LogP contribution in [0.3, 0.4) is 0 Å². The van der Waals surface area contributed by atoms with Crippen LogP contribution in [0, 0.1) is 10.1 Å². The van der Waals surface area contributed by atoms with Gasteiger partial charge >= 0.3 is 0 Å². The Balaban J connectivity index is 2.14. The average molecular weight is 283 g/mol. The zero-order valence-corrected chi connectivity index (χ0v) is 10.6. The van der Waals surface area contributed by atoms with Crippen molar-refractivity contribution in [3.8, 4) is 0 Å². The summed E-state index contributed by atoms with van der Waals surface area (Å²) in [7, 11) is 0. The van der Waals surface area contributed by atoms with Crippen molar-refractivity contribution in [2.24, 2.45) is 0 Å². The Labute approximate surface area is 113 Å². The molecule has 0 aliphatic carbocycles. The van der Waals surface area contributed by atoms with Crippen LogP contribution in [0.4, 0.5) is 11.4 Å². The maximum absolute atomic E-state index is 10.9. The highest BCUT2D eigenvalue weighted by atomic mass is 35.5. The van der Waals surface area contributed by atoms with Gasteiger partial charge in [-0.2, -0.15) is 0 Å². The number of aliphatic hydroxyl groups is 1. The Morgan fingerprint density at radius 3 is 2.68 bits per heavy atom. The van der Waals surface area contributed by atoms with E-state index in [9.17, 15) is 10.1 Å². The lowest BCUT2D eigenvalue weighted by Crippen LogP contribution is -2.01. The summed E-state index contributed by atoms with van der Waals surface area (Å²) in [4.78, 5) is 10.4. The molecule has 0 aliphatic heterocycles. The molecule has 0 aliphatic rings. The number of anilines is 1. The van der Waals surface area contributed by atoms with Crippen LogP contribution < -0.4 is 5.32 Å². The number of nitrogens with one attached hydrogen (secondary N) is 1. The first kappa shape index (κ1) is 13.4. The first-order valence-electron chi connectivity index (χ1n) is 5.46. The van der Waals surface area contributed by atoms with Crippen LogP contribution in [-0.4, -0.2) is 10.0 Å². The Bertz CT molecular complexity index is 597. The van der Waals surface area contributed by atoms with Crippen molar-refractivity contribution in [3.05, 3.63) is 57.0 Å². The molecule has 0 spiro atoms. The molecular formula is C12H11ClN2O4. The number of benzene rings is 1. The van der Waals surface area contributed by atoms with Crippen molar-refractivity contribution in [3.63, 3.8) is 0 Å². The molecule has 0 atom stereocenters. The van der Waals surface area contributed by atoms with Gasteiger partial charge in [-0.3, -0.25) is 10.1 Å². The highest BCUT2D eigenvalue weighted by molar-refractivity contribution is 6.31. The van der Waals surface area contributed by atoms with Gasteiger partial charge in [0.15, 0.2) is 0 Å². The number of nitrogens with zero attached hydrogens (tertiary/aromatic N) is 1. The van der Waals surface area contributed by atoms with E-state index < -0.39 is 4.92 Å². The standard InChI is InChI=1S/C12H11ClN2O4/c13-8-1-4-12(15(17)18)11(5-8)14-6-9-2-3-10(7-16)19-9/h1-5,14,16H,6-7H2. The van der Waals surface area contributed by atoms with Crippen molar-refractivity contribution < 1.29 is 14.4 Å². The number of halogens is 1. The van der Waals surface area contributed by atoms with E-state index in [0.717, 1.165) is 0 Å². The number of nitro benzene ring substituents is 1. The van der Waals surface area contributed by atoms with Gasteiger partial charge in [-0.05, 0) is 24.3 Å². The van der Waals surface area contributed by atoms with Gasteiger partial charge in [-0.25, -0.2) is 0 Å². The first-order valence-corrected chi connectivity index (χ1v) is 5.84. The summed E-state index contributed by atoms with van der Waals surface area (Å²) in [6, 6.07) is 7.61. The lowest BCUT2D eigenvalue weighted by molar-refractivity contribution is -0.384. The van der Waals surface area contributed by atoms with Crippen molar-refractivity contribution in [1.29, 1.82) is 0 Å². The third-order valence-electron chi connectivity index (χ3n) is 2.48. The maximum Gasteiger partial charge on any atom is 0.292 e. The van der Waals surface area contributed by atoms with Crippen molar-refractivity contribution in [2.45, 2.75) is 13.2 Å². The minimum absolute atomic E-state index is 0.0571. The fourth-order valence-corrected chi connectivity index (χ4v) is 1.77. The predicted molar refractivity (Wildman–Crippen MR) is 70.1 cm³/mol. The summed E-state index contributed by atoms with van der Waals surface area (Å²) in [6.07, 6.45) is 0. The molecule has 0 saturated carbocycles. The van der Waals surface area contributed by atoms with Gasteiger partial charge < -0.3 is 14.8 Å². The smallest absolute Gasteiger partial charge is 0.292 e. The van der Waals surface area contributed by atoms with Crippen LogP contribution in [0.2, 0.25) is 5.02 Å². The minimum Gasteiger partial charge on any atom is -0.462 e. The number of nitro groups is 1. The third kappa shape index (κ3) is 3.24. The van der Waals surface area contributed by atoms with E-state index in [-0.39, 0.29) is 18.8 Å². The Morgan fingerprint density at radius 2 is 2.05 bits per heavy atom. The fourth-order valence-electron chi connectivity index (χ4n) is 1.59. The van der Waals surface area contributed by atoms with Gasteiger partial charge in [0.1, 0.15) is 23.8 Å². The number of furan rings is 1. The van der Waals surface area contributed by atoms with Crippen LogP contribution in [0.1, 0.15) is 11.5 Å². The zero-order valence-electron chi connectivity index (χ0n) is 9.80. The SMILES string of the molecule is O=[N+]([O-])c1ccc(Cl)cc1NCc1ccc(CO)o1. The molecule has 1 heterocycles. The Hall–Kier alpha value is -2.05. The normalized spacial score (nSPS) is 10.4. The molecule has 7 heteroatoms. The Morgan fingerprint density at radius 1 is 1.32 bits per heavy atom. The van der Waals surface area contributed by atoms with E-state index in [1.807, 2.05) is 0 Å². The fraction of sp³-hybridized carbons (Fsp3) is 0.167. The van der Waals surface area contributed by atoms with E-state index in [1.54, 1.807) is 12.1 Å². The van der Waals surface area contributed by atoms with Crippen molar-refractivity contribution in [1.82, 2.24) is 0 Å². The topological polar surface area (TPSA) is 88.5 Å². The molecular weight excluding hydrogens is 272 g/mol. The first-order chi connectivity index (χ1) is 9.10. The lowest BCUT2D eigenvalue weighted by Gasteiger charge is -2.05. The summed E-state index contributed by atoms with van der Waals surface area (Å²) in [5.41, 5.74) is 0.262. The molecule has 0 amide bonds. The second-order valence-electron chi connectivity index (χ2n) is 3.80. The largest absolute Gasteiger partial charge is 0.462 e. The number of hydrogen-bond acceptors (Lipinski definition) is 5. The van der Waals surface area contributed by atoms with Gasteiger partial charge in [-0.15, -0.1) is 0 Å². The second kappa shape index (κ2) is 5.73. The molecule has 19 heavy (non-hydrogen) atoms. The monoisotopic (exact) mass is 282 g/mol. The molecule has 0 unspecified atom stereocenters. The predicted octanol–water partition coefficient (Wildman–Crippen LogP) is 2.95. The molecule has 1 aromatic carbocycles. The highest BCUT2D eigenvalue weighted by Gasteiger charge is 2.14. The molecule has 0 radical (unpaired) electrons. The Kier molecular flexibility index (Phi) is 4.03. The summed E-state index contributed by atoms with van der Waals surface area (Å²) < 4.78 is 5.27. The maximum atomic E-state index is 10.9. The number of aliphatic hydroxyl groups excluding tert-OH is 1. The van der Waals surface area contributed by atoms with Crippen LogP contribution in [0.15, 0.2) is 34.7 Å². The van der Waals surface area contributed by atoms with E-state index in [4.69, 9.17) is 21.1 Å². The van der Waals surface area contributed by atoms with Crippen LogP contribution in [0.5, 0.6) is 0 Å². The second-order valence-corrected chi connectivity index (χ2v) is 4.23. The molecule has 0 saturated heterocycles. The van der Waals surface area contributed by atoms with Crippen LogP contribution in [0.25, 0.3) is 0 Å². The van der Waals surface area contributed by atoms with Crippen LogP contribution >= 0.6 is 11.6 Å². The molecule has 2 aromatic rings. The van der Waals surface area contributed by atoms with Crippen molar-refractivity contribution >= 4 is 23.0 Å². The summed E-state index contributed by atoms with van der Waals surface area (Å²) in [6.45, 7) is 0.0818. The van der Waals surface area contributed by atoms with Gasteiger partial charge in [0.05, 0.1) is 11.5 Å². The van der Waals surface area contributed by atoms with E-state index in [1.165, 1.54) is 18.2 Å². The third-order valence-corrected chi connectivity index (χ3v) is 2.72. The van der Waals surface area contributed by atoms with Gasteiger partial charge in [0.25, 0.3) is 5.69 Å². The van der Waals surface area contributed by atoms with E-state index >= 15 is 0 Å². The molecule has 6 nitrogen and oxygen atoms in total. The van der Waals surface area contributed by atoms with E-state index in [0.29, 0.717) is 22.2 Å². The summed E-state index contributed by atoms with van der Waals surface area (Å²) >= 11 is 5.81. The highest BCUT2D eigenvalue weighted by Crippen LogP contribution is 2.28. The average Bonchev–Trinajstić information content (AvgIpc) is 2.84. The number of rotatable bonds is 5.